The quantitative estimate of drug-likeness (QED) is 0.729. The SMILES string of the molecule is CCCCc1nc2cc(Cl)cnc2n1Cc1cccc(C(=O)O)c1. The first-order valence-corrected chi connectivity index (χ1v) is 8.29. The van der Waals surface area contributed by atoms with Gasteiger partial charge in [0.1, 0.15) is 11.3 Å². The molecule has 0 unspecified atom stereocenters. The molecule has 0 bridgehead atoms. The van der Waals surface area contributed by atoms with Crippen LogP contribution in [0.4, 0.5) is 0 Å². The van der Waals surface area contributed by atoms with Crippen molar-refractivity contribution < 1.29 is 9.90 Å². The molecule has 1 aromatic carbocycles. The Balaban J connectivity index is 2.03. The van der Waals surface area contributed by atoms with E-state index in [-0.39, 0.29) is 5.56 Å². The lowest BCUT2D eigenvalue weighted by Crippen LogP contribution is -2.07. The number of carboxylic acid groups (broad SMARTS) is 1. The van der Waals surface area contributed by atoms with E-state index in [1.807, 2.05) is 16.7 Å². The molecular weight excluding hydrogens is 326 g/mol. The summed E-state index contributed by atoms with van der Waals surface area (Å²) >= 11 is 6.02. The molecule has 0 atom stereocenters. The Morgan fingerprint density at radius 1 is 1.33 bits per heavy atom. The number of aryl methyl sites for hydroxylation is 1. The lowest BCUT2D eigenvalue weighted by Gasteiger charge is -2.09. The summed E-state index contributed by atoms with van der Waals surface area (Å²) < 4.78 is 2.04. The second-order valence-electron chi connectivity index (χ2n) is 5.72. The minimum absolute atomic E-state index is 0.281. The predicted octanol–water partition coefficient (Wildman–Crippen LogP) is 4.17. The maximum absolute atomic E-state index is 11.2. The number of aromatic nitrogens is 3. The van der Waals surface area contributed by atoms with Gasteiger partial charge >= 0.3 is 5.97 Å². The van der Waals surface area contributed by atoms with Crippen molar-refractivity contribution >= 4 is 28.7 Å². The van der Waals surface area contributed by atoms with Crippen molar-refractivity contribution in [3.05, 3.63) is 58.5 Å². The fourth-order valence-electron chi connectivity index (χ4n) is 2.71. The van der Waals surface area contributed by atoms with Gasteiger partial charge in [-0.3, -0.25) is 0 Å². The molecule has 24 heavy (non-hydrogen) atoms. The number of hydrogen-bond donors (Lipinski definition) is 1. The van der Waals surface area contributed by atoms with E-state index in [2.05, 4.69) is 16.9 Å². The maximum atomic E-state index is 11.2. The summed E-state index contributed by atoms with van der Waals surface area (Å²) in [6.45, 7) is 2.67. The molecule has 0 saturated heterocycles. The molecular formula is C18H18ClN3O2. The van der Waals surface area contributed by atoms with E-state index in [0.717, 1.165) is 41.8 Å². The average molecular weight is 344 g/mol. The van der Waals surface area contributed by atoms with Gasteiger partial charge in [-0.2, -0.15) is 0 Å². The molecule has 6 heteroatoms. The Morgan fingerprint density at radius 3 is 2.92 bits per heavy atom. The standard InChI is InChI=1S/C18H18ClN3O2/c1-2-3-7-16-21-15-9-14(19)10-20-17(15)22(16)11-12-5-4-6-13(8-12)18(23)24/h4-6,8-10H,2-3,7,11H2,1H3,(H,23,24). The van der Waals surface area contributed by atoms with Crippen LogP contribution in [-0.2, 0) is 13.0 Å². The van der Waals surface area contributed by atoms with Crippen LogP contribution in [0.25, 0.3) is 11.2 Å². The van der Waals surface area contributed by atoms with E-state index >= 15 is 0 Å². The predicted molar refractivity (Wildman–Crippen MR) is 93.7 cm³/mol. The number of benzene rings is 1. The third kappa shape index (κ3) is 3.41. The number of fused-ring (bicyclic) bond motifs is 1. The monoisotopic (exact) mass is 343 g/mol. The van der Waals surface area contributed by atoms with Gasteiger partial charge in [0.2, 0.25) is 0 Å². The van der Waals surface area contributed by atoms with E-state index in [4.69, 9.17) is 16.7 Å². The normalized spacial score (nSPS) is 11.1. The van der Waals surface area contributed by atoms with Crippen LogP contribution >= 0.6 is 11.6 Å². The average Bonchev–Trinajstić information content (AvgIpc) is 2.89. The van der Waals surface area contributed by atoms with Gasteiger partial charge in [-0.05, 0) is 30.2 Å². The first kappa shape index (κ1) is 16.5. The van der Waals surface area contributed by atoms with Gasteiger partial charge in [-0.1, -0.05) is 37.1 Å². The van der Waals surface area contributed by atoms with Gasteiger partial charge in [0.15, 0.2) is 5.65 Å². The van der Waals surface area contributed by atoms with Gasteiger partial charge in [-0.25, -0.2) is 14.8 Å². The van der Waals surface area contributed by atoms with E-state index in [1.54, 1.807) is 24.4 Å². The Morgan fingerprint density at radius 2 is 2.17 bits per heavy atom. The number of aromatic carboxylic acids is 1. The van der Waals surface area contributed by atoms with Crippen LogP contribution in [0.3, 0.4) is 0 Å². The number of halogens is 1. The van der Waals surface area contributed by atoms with Crippen LogP contribution in [0.5, 0.6) is 0 Å². The van der Waals surface area contributed by atoms with Gasteiger partial charge < -0.3 is 9.67 Å². The molecule has 0 aliphatic rings. The molecule has 0 radical (unpaired) electrons. The first-order valence-electron chi connectivity index (χ1n) is 7.91. The highest BCUT2D eigenvalue weighted by Gasteiger charge is 2.13. The number of hydrogen-bond acceptors (Lipinski definition) is 3. The van der Waals surface area contributed by atoms with E-state index < -0.39 is 5.97 Å². The second-order valence-corrected chi connectivity index (χ2v) is 6.16. The van der Waals surface area contributed by atoms with Crippen LogP contribution in [0.15, 0.2) is 36.5 Å². The summed E-state index contributed by atoms with van der Waals surface area (Å²) in [6.07, 6.45) is 4.57. The molecule has 0 spiro atoms. The molecule has 3 rings (SSSR count). The Hall–Kier alpha value is -2.40. The van der Waals surface area contributed by atoms with Gasteiger partial charge in [0, 0.05) is 12.6 Å². The summed E-state index contributed by atoms with van der Waals surface area (Å²) in [5.74, 6) is 0.0193. The number of nitrogens with zero attached hydrogens (tertiary/aromatic N) is 3. The molecule has 2 aromatic heterocycles. The van der Waals surface area contributed by atoms with Crippen LogP contribution in [0.1, 0.15) is 41.5 Å². The molecule has 5 nitrogen and oxygen atoms in total. The molecule has 0 aliphatic carbocycles. The Labute approximate surface area is 144 Å². The van der Waals surface area contributed by atoms with Crippen molar-refractivity contribution in [1.82, 2.24) is 14.5 Å². The van der Waals surface area contributed by atoms with Crippen molar-refractivity contribution in [2.45, 2.75) is 32.7 Å². The van der Waals surface area contributed by atoms with Crippen LogP contribution in [-0.4, -0.2) is 25.6 Å². The Bertz CT molecular complexity index is 889. The maximum Gasteiger partial charge on any atom is 0.335 e. The second kappa shape index (κ2) is 7.01. The fourth-order valence-corrected chi connectivity index (χ4v) is 2.86. The number of rotatable bonds is 6. The van der Waals surface area contributed by atoms with Crippen LogP contribution in [0, 0.1) is 0 Å². The summed E-state index contributed by atoms with van der Waals surface area (Å²) in [4.78, 5) is 20.2. The molecule has 2 heterocycles. The highest BCUT2D eigenvalue weighted by Crippen LogP contribution is 2.21. The van der Waals surface area contributed by atoms with E-state index in [0.29, 0.717) is 11.6 Å². The zero-order valence-corrected chi connectivity index (χ0v) is 14.1. The van der Waals surface area contributed by atoms with Crippen molar-refractivity contribution in [1.29, 1.82) is 0 Å². The highest BCUT2D eigenvalue weighted by atomic mass is 35.5. The summed E-state index contributed by atoms with van der Waals surface area (Å²) in [5.41, 5.74) is 2.72. The minimum Gasteiger partial charge on any atom is -0.478 e. The molecule has 0 aliphatic heterocycles. The smallest absolute Gasteiger partial charge is 0.335 e. The first-order chi connectivity index (χ1) is 11.6. The summed E-state index contributed by atoms with van der Waals surface area (Å²) in [7, 11) is 0. The molecule has 124 valence electrons. The molecule has 1 N–H and O–H groups in total. The topological polar surface area (TPSA) is 68.0 Å². The van der Waals surface area contributed by atoms with Crippen molar-refractivity contribution in [3.63, 3.8) is 0 Å². The largest absolute Gasteiger partial charge is 0.478 e. The lowest BCUT2D eigenvalue weighted by atomic mass is 10.1. The molecule has 0 saturated carbocycles. The number of carboxylic acids is 1. The number of carbonyl (C=O) groups is 1. The fraction of sp³-hybridized carbons (Fsp3) is 0.278. The number of imidazole rings is 1. The zero-order valence-electron chi connectivity index (χ0n) is 13.4. The zero-order chi connectivity index (χ0) is 17.1. The van der Waals surface area contributed by atoms with Crippen molar-refractivity contribution in [2.75, 3.05) is 0 Å². The lowest BCUT2D eigenvalue weighted by molar-refractivity contribution is 0.0696. The van der Waals surface area contributed by atoms with Crippen molar-refractivity contribution in [2.24, 2.45) is 0 Å². The molecule has 0 amide bonds. The van der Waals surface area contributed by atoms with Crippen LogP contribution < -0.4 is 0 Å². The Kier molecular flexibility index (Phi) is 4.81. The summed E-state index contributed by atoms with van der Waals surface area (Å²) in [5, 5.41) is 9.72. The number of pyridine rings is 1. The minimum atomic E-state index is -0.927. The highest BCUT2D eigenvalue weighted by molar-refractivity contribution is 6.31. The third-order valence-corrected chi connectivity index (χ3v) is 4.11. The van der Waals surface area contributed by atoms with Gasteiger partial charge in [-0.15, -0.1) is 0 Å². The summed E-state index contributed by atoms with van der Waals surface area (Å²) in [6, 6.07) is 8.76. The van der Waals surface area contributed by atoms with E-state index in [9.17, 15) is 4.79 Å². The van der Waals surface area contributed by atoms with Gasteiger partial charge in [0.05, 0.1) is 17.1 Å². The number of unbranched alkanes of at least 4 members (excludes halogenated alkanes) is 1. The van der Waals surface area contributed by atoms with Crippen molar-refractivity contribution in [3.8, 4) is 0 Å². The molecule has 3 aromatic rings. The third-order valence-electron chi connectivity index (χ3n) is 3.90. The van der Waals surface area contributed by atoms with Gasteiger partial charge in [0.25, 0.3) is 0 Å². The van der Waals surface area contributed by atoms with Crippen LogP contribution in [0.2, 0.25) is 5.02 Å². The van der Waals surface area contributed by atoms with E-state index in [1.165, 1.54) is 0 Å². The molecule has 0 fully saturated rings.